The van der Waals surface area contributed by atoms with Crippen LogP contribution in [0.15, 0.2) is 23.6 Å². The van der Waals surface area contributed by atoms with Gasteiger partial charge < -0.3 is 14.6 Å². The Balaban J connectivity index is 1.93. The summed E-state index contributed by atoms with van der Waals surface area (Å²) in [4.78, 5) is 15.3. The number of ether oxygens (including phenoxy) is 2. The third kappa shape index (κ3) is 2.54. The zero-order chi connectivity index (χ0) is 15.7. The third-order valence-corrected chi connectivity index (χ3v) is 5.07. The summed E-state index contributed by atoms with van der Waals surface area (Å²) < 4.78 is 10.6. The minimum absolute atomic E-state index is 0.0293. The highest BCUT2D eigenvalue weighted by atomic mass is 32.1. The van der Waals surface area contributed by atoms with Gasteiger partial charge >= 0.3 is 5.97 Å². The van der Waals surface area contributed by atoms with E-state index in [9.17, 15) is 4.79 Å². The molecule has 1 heterocycles. The third-order valence-electron chi connectivity index (χ3n) is 3.98. The van der Waals surface area contributed by atoms with Crippen molar-refractivity contribution in [3.8, 4) is 11.5 Å². The minimum atomic E-state index is -0.854. The lowest BCUT2D eigenvalue weighted by Gasteiger charge is -2.15. The van der Waals surface area contributed by atoms with Crippen LogP contribution in [0, 0.1) is 0 Å². The maximum atomic E-state index is 10.8. The number of rotatable bonds is 6. The van der Waals surface area contributed by atoms with E-state index in [1.54, 1.807) is 14.2 Å². The van der Waals surface area contributed by atoms with E-state index in [2.05, 4.69) is 4.98 Å². The fourth-order valence-corrected chi connectivity index (χ4v) is 3.75. The van der Waals surface area contributed by atoms with Gasteiger partial charge in [-0.25, -0.2) is 4.98 Å². The molecule has 1 aliphatic carbocycles. The van der Waals surface area contributed by atoms with Gasteiger partial charge in [-0.2, -0.15) is 0 Å². The average Bonchev–Trinajstić information content (AvgIpc) is 3.20. The van der Waals surface area contributed by atoms with Gasteiger partial charge in [-0.1, -0.05) is 6.07 Å². The Morgan fingerprint density at radius 3 is 2.64 bits per heavy atom. The average molecular weight is 319 g/mol. The first-order valence-electron chi connectivity index (χ1n) is 6.98. The van der Waals surface area contributed by atoms with Crippen molar-refractivity contribution < 1.29 is 19.4 Å². The molecule has 3 rings (SSSR count). The molecular formula is C16H17NO4S. The van der Waals surface area contributed by atoms with E-state index in [1.807, 2.05) is 23.6 Å². The molecule has 1 aliphatic rings. The first-order valence-corrected chi connectivity index (χ1v) is 7.86. The van der Waals surface area contributed by atoms with Crippen LogP contribution >= 0.6 is 11.3 Å². The first kappa shape index (κ1) is 14.8. The second-order valence-corrected chi connectivity index (χ2v) is 6.22. The monoisotopic (exact) mass is 319 g/mol. The van der Waals surface area contributed by atoms with Crippen LogP contribution < -0.4 is 9.47 Å². The lowest BCUT2D eigenvalue weighted by atomic mass is 9.96. The van der Waals surface area contributed by atoms with Gasteiger partial charge in [-0.05, 0) is 30.5 Å². The summed E-state index contributed by atoms with van der Waals surface area (Å²) in [5.74, 6) is 0.550. The minimum Gasteiger partial charge on any atom is -0.493 e. The standard InChI is InChI=1S/C16H17NO4S/c1-20-12-4-3-10(7-13(12)21-2)16(5-6-16)15-17-11(9-22-15)8-14(18)19/h3-4,7,9H,5-6,8H2,1-2H3,(H,18,19). The molecule has 1 N–H and O–H groups in total. The van der Waals surface area contributed by atoms with Crippen LogP contribution in [0.5, 0.6) is 11.5 Å². The molecule has 1 saturated carbocycles. The van der Waals surface area contributed by atoms with Crippen molar-refractivity contribution in [3.63, 3.8) is 0 Å². The Hall–Kier alpha value is -2.08. The number of aliphatic carboxylic acids is 1. The van der Waals surface area contributed by atoms with Gasteiger partial charge in [-0.15, -0.1) is 11.3 Å². The van der Waals surface area contributed by atoms with Gasteiger partial charge in [0.25, 0.3) is 0 Å². The summed E-state index contributed by atoms with van der Waals surface area (Å²) in [5, 5.41) is 11.7. The predicted octanol–water partition coefficient (Wildman–Crippen LogP) is 2.87. The number of carboxylic acid groups (broad SMARTS) is 1. The van der Waals surface area contributed by atoms with Crippen LogP contribution in [0.4, 0.5) is 0 Å². The summed E-state index contributed by atoms with van der Waals surface area (Å²) in [5.41, 5.74) is 1.67. The number of thiazole rings is 1. The van der Waals surface area contributed by atoms with E-state index in [4.69, 9.17) is 14.6 Å². The number of benzene rings is 1. The summed E-state index contributed by atoms with van der Waals surface area (Å²) in [7, 11) is 3.24. The number of hydrogen-bond donors (Lipinski definition) is 1. The van der Waals surface area contributed by atoms with Crippen molar-refractivity contribution in [1.82, 2.24) is 4.98 Å². The van der Waals surface area contributed by atoms with E-state index in [0.29, 0.717) is 17.2 Å². The summed E-state index contributed by atoms with van der Waals surface area (Å²) in [6.45, 7) is 0. The van der Waals surface area contributed by atoms with Crippen LogP contribution in [0.25, 0.3) is 0 Å². The summed E-state index contributed by atoms with van der Waals surface area (Å²) in [6.07, 6.45) is 2.00. The Morgan fingerprint density at radius 2 is 2.05 bits per heavy atom. The largest absolute Gasteiger partial charge is 0.493 e. The maximum Gasteiger partial charge on any atom is 0.309 e. The van der Waals surface area contributed by atoms with Crippen LogP contribution in [-0.2, 0) is 16.6 Å². The number of hydrogen-bond acceptors (Lipinski definition) is 5. The summed E-state index contributed by atoms with van der Waals surface area (Å²) in [6, 6.07) is 5.93. The predicted molar refractivity (Wildman–Crippen MR) is 83.0 cm³/mol. The summed E-state index contributed by atoms with van der Waals surface area (Å²) >= 11 is 1.53. The number of methoxy groups -OCH3 is 2. The molecule has 1 aromatic carbocycles. The molecule has 0 atom stereocenters. The van der Waals surface area contributed by atoms with Crippen LogP contribution in [-0.4, -0.2) is 30.3 Å². The van der Waals surface area contributed by atoms with E-state index >= 15 is 0 Å². The lowest BCUT2D eigenvalue weighted by molar-refractivity contribution is -0.136. The Kier molecular flexibility index (Phi) is 3.78. The van der Waals surface area contributed by atoms with Crippen molar-refractivity contribution in [3.05, 3.63) is 39.8 Å². The molecule has 0 radical (unpaired) electrons. The zero-order valence-corrected chi connectivity index (χ0v) is 13.3. The number of aromatic nitrogens is 1. The Morgan fingerprint density at radius 1 is 1.32 bits per heavy atom. The van der Waals surface area contributed by atoms with E-state index < -0.39 is 5.97 Å². The molecule has 0 saturated heterocycles. The van der Waals surface area contributed by atoms with Crippen LogP contribution in [0.2, 0.25) is 0 Å². The fraction of sp³-hybridized carbons (Fsp3) is 0.375. The molecule has 0 bridgehead atoms. The molecule has 0 unspecified atom stereocenters. The number of carbonyl (C=O) groups is 1. The number of carboxylic acids is 1. The Bertz CT molecular complexity index is 706. The van der Waals surface area contributed by atoms with E-state index in [1.165, 1.54) is 11.3 Å². The molecule has 0 amide bonds. The quantitative estimate of drug-likeness (QED) is 0.886. The lowest BCUT2D eigenvalue weighted by Crippen LogP contribution is -2.09. The highest BCUT2D eigenvalue weighted by Gasteiger charge is 2.48. The first-order chi connectivity index (χ1) is 10.6. The molecule has 2 aromatic rings. The molecule has 6 heteroatoms. The molecule has 116 valence electrons. The second-order valence-electron chi connectivity index (χ2n) is 5.37. The van der Waals surface area contributed by atoms with Crippen LogP contribution in [0.1, 0.15) is 29.1 Å². The van der Waals surface area contributed by atoms with Gasteiger partial charge in [0.1, 0.15) is 5.01 Å². The number of nitrogens with zero attached hydrogens (tertiary/aromatic N) is 1. The fourth-order valence-electron chi connectivity index (χ4n) is 2.65. The smallest absolute Gasteiger partial charge is 0.309 e. The molecule has 0 aliphatic heterocycles. The van der Waals surface area contributed by atoms with Crippen molar-refractivity contribution >= 4 is 17.3 Å². The van der Waals surface area contributed by atoms with Crippen LogP contribution in [0.3, 0.4) is 0 Å². The molecule has 0 spiro atoms. The molecule has 5 nitrogen and oxygen atoms in total. The van der Waals surface area contributed by atoms with Crippen molar-refractivity contribution in [2.75, 3.05) is 14.2 Å². The van der Waals surface area contributed by atoms with Gasteiger partial charge in [0.15, 0.2) is 11.5 Å². The molecule has 1 fully saturated rings. The van der Waals surface area contributed by atoms with Gasteiger partial charge in [0.05, 0.1) is 26.3 Å². The SMILES string of the molecule is COc1ccc(C2(c3nc(CC(=O)O)cs3)CC2)cc1OC. The van der Waals surface area contributed by atoms with Gasteiger partial charge in [0, 0.05) is 10.8 Å². The molecular weight excluding hydrogens is 302 g/mol. The topological polar surface area (TPSA) is 68.7 Å². The van der Waals surface area contributed by atoms with Crippen molar-refractivity contribution in [2.45, 2.75) is 24.7 Å². The van der Waals surface area contributed by atoms with Crippen molar-refractivity contribution in [1.29, 1.82) is 0 Å². The second kappa shape index (κ2) is 5.61. The highest BCUT2D eigenvalue weighted by molar-refractivity contribution is 7.09. The normalized spacial score (nSPS) is 15.4. The van der Waals surface area contributed by atoms with E-state index in [0.717, 1.165) is 23.4 Å². The van der Waals surface area contributed by atoms with Gasteiger partial charge in [-0.3, -0.25) is 4.79 Å². The van der Waals surface area contributed by atoms with Gasteiger partial charge in [0.2, 0.25) is 0 Å². The molecule has 1 aromatic heterocycles. The van der Waals surface area contributed by atoms with Crippen molar-refractivity contribution in [2.24, 2.45) is 0 Å². The Labute approximate surface area is 132 Å². The molecule has 22 heavy (non-hydrogen) atoms. The maximum absolute atomic E-state index is 10.8. The highest BCUT2D eigenvalue weighted by Crippen LogP contribution is 2.55. The van der Waals surface area contributed by atoms with E-state index in [-0.39, 0.29) is 11.8 Å². The zero-order valence-electron chi connectivity index (χ0n) is 12.5.